The maximum absolute atomic E-state index is 13.5. The third-order valence-electron chi connectivity index (χ3n) is 2.51. The number of carbonyl (C=O) groups excluding carboxylic acids is 1. The number of H-pyrrole nitrogens is 1. The molecule has 8 heteroatoms. The minimum Gasteiger partial charge on any atom is -0.370 e. The van der Waals surface area contributed by atoms with Crippen LogP contribution < -0.4 is 5.73 Å². The highest BCUT2D eigenvalue weighted by Crippen LogP contribution is 2.19. The van der Waals surface area contributed by atoms with Gasteiger partial charge in [0.05, 0.1) is 12.1 Å². The van der Waals surface area contributed by atoms with Gasteiger partial charge in [-0.2, -0.15) is 0 Å². The smallest absolute Gasteiger partial charge is 0.243 e. The Morgan fingerprint density at radius 3 is 2.89 bits per heavy atom. The van der Waals surface area contributed by atoms with Gasteiger partial charge < -0.3 is 20.0 Å². The van der Waals surface area contributed by atoms with Gasteiger partial charge >= 0.3 is 0 Å². The van der Waals surface area contributed by atoms with Crippen LogP contribution in [0.15, 0.2) is 12.1 Å². The molecule has 2 aromatic rings. The van der Waals surface area contributed by atoms with Gasteiger partial charge in [0, 0.05) is 12.6 Å². The molecule has 1 amide bonds. The molecule has 5 nitrogen and oxygen atoms in total. The first kappa shape index (κ1) is 13.6. The molecule has 0 fully saturated rings. The topological polar surface area (TPSA) is 73.0 Å². The zero-order valence-corrected chi connectivity index (χ0v) is 10.6. The lowest BCUT2D eigenvalue weighted by atomic mass is 10.3. The molecule has 1 heterocycles. The Morgan fingerprint density at radius 1 is 1.47 bits per heavy atom. The van der Waals surface area contributed by atoms with Crippen LogP contribution in [0.2, 0.25) is 0 Å². The summed E-state index contributed by atoms with van der Waals surface area (Å²) in [5.41, 5.74) is 5.37. The molecule has 0 aliphatic heterocycles. The fraction of sp³-hybridized carbons (Fsp3) is 0.273. The number of nitrogens with two attached hydrogens (primary N) is 1. The second-order valence-corrected chi connectivity index (χ2v) is 4.27. The van der Waals surface area contributed by atoms with E-state index in [1.165, 1.54) is 10.6 Å². The molecule has 2 rings (SSSR count). The second kappa shape index (κ2) is 5.45. The predicted molar refractivity (Wildman–Crippen MR) is 67.1 cm³/mol. The lowest BCUT2D eigenvalue weighted by Gasteiger charge is -2.05. The van der Waals surface area contributed by atoms with Crippen molar-refractivity contribution in [3.63, 3.8) is 0 Å². The van der Waals surface area contributed by atoms with Crippen molar-refractivity contribution in [2.24, 2.45) is 5.73 Å². The number of halogens is 2. The van der Waals surface area contributed by atoms with E-state index >= 15 is 0 Å². The number of primary amides is 1. The number of hydrogen-bond acceptors (Lipinski definition) is 3. The average molecular weight is 287 g/mol. The highest BCUT2D eigenvalue weighted by molar-refractivity contribution is 7.71. The molecule has 1 aromatic carbocycles. The number of ether oxygens (including phenoxy) is 1. The van der Waals surface area contributed by atoms with Crippen molar-refractivity contribution in [1.82, 2.24) is 9.55 Å². The molecule has 102 valence electrons. The number of aromatic amines is 1. The van der Waals surface area contributed by atoms with Crippen LogP contribution >= 0.6 is 12.2 Å². The summed E-state index contributed by atoms with van der Waals surface area (Å²) < 4.78 is 33.4. The number of fused-ring (bicyclic) bond motifs is 1. The Bertz CT molecular complexity index is 680. The van der Waals surface area contributed by atoms with Gasteiger partial charge in [-0.3, -0.25) is 4.79 Å². The van der Waals surface area contributed by atoms with E-state index in [-0.39, 0.29) is 30.0 Å². The average Bonchev–Trinajstić information content (AvgIpc) is 2.62. The Morgan fingerprint density at radius 2 is 2.21 bits per heavy atom. The molecule has 0 unspecified atom stereocenters. The third-order valence-corrected chi connectivity index (χ3v) is 2.83. The van der Waals surface area contributed by atoms with Crippen LogP contribution in [0.25, 0.3) is 11.0 Å². The molecule has 0 aliphatic rings. The van der Waals surface area contributed by atoms with E-state index in [9.17, 15) is 13.6 Å². The van der Waals surface area contributed by atoms with Gasteiger partial charge in [-0.25, -0.2) is 8.78 Å². The zero-order valence-electron chi connectivity index (χ0n) is 9.78. The van der Waals surface area contributed by atoms with Crippen molar-refractivity contribution in [3.05, 3.63) is 28.5 Å². The minimum atomic E-state index is -0.710. The maximum Gasteiger partial charge on any atom is 0.243 e. The molecule has 0 aliphatic carbocycles. The quantitative estimate of drug-likeness (QED) is 0.646. The molecule has 1 aromatic heterocycles. The van der Waals surface area contributed by atoms with Crippen molar-refractivity contribution in [1.29, 1.82) is 0 Å². The van der Waals surface area contributed by atoms with Crippen LogP contribution in [-0.4, -0.2) is 28.7 Å². The van der Waals surface area contributed by atoms with Gasteiger partial charge in [-0.05, 0) is 18.3 Å². The van der Waals surface area contributed by atoms with E-state index < -0.39 is 17.5 Å². The highest BCUT2D eigenvalue weighted by atomic mass is 32.1. The van der Waals surface area contributed by atoms with Crippen LogP contribution in [0.3, 0.4) is 0 Å². The van der Waals surface area contributed by atoms with E-state index in [4.69, 9.17) is 22.7 Å². The van der Waals surface area contributed by atoms with Gasteiger partial charge in [0.2, 0.25) is 5.91 Å². The molecule has 0 atom stereocenters. The third kappa shape index (κ3) is 2.96. The predicted octanol–water partition coefficient (Wildman–Crippen LogP) is 1.48. The van der Waals surface area contributed by atoms with Crippen molar-refractivity contribution < 1.29 is 18.3 Å². The summed E-state index contributed by atoms with van der Waals surface area (Å²) in [5, 5.41) is 0. The van der Waals surface area contributed by atoms with E-state index in [1.807, 2.05) is 0 Å². The first-order valence-electron chi connectivity index (χ1n) is 5.42. The molecule has 0 spiro atoms. The van der Waals surface area contributed by atoms with E-state index in [1.54, 1.807) is 0 Å². The van der Waals surface area contributed by atoms with E-state index in [0.29, 0.717) is 5.52 Å². The number of carbonyl (C=O) groups is 1. The van der Waals surface area contributed by atoms with Gasteiger partial charge in [0.25, 0.3) is 0 Å². The van der Waals surface area contributed by atoms with Crippen LogP contribution in [0.1, 0.15) is 0 Å². The monoisotopic (exact) mass is 287 g/mol. The summed E-state index contributed by atoms with van der Waals surface area (Å²) >= 11 is 5.03. The first-order valence-corrected chi connectivity index (χ1v) is 5.83. The number of nitrogens with zero attached hydrogens (tertiary/aromatic N) is 1. The number of aromatic nitrogens is 2. The van der Waals surface area contributed by atoms with Crippen molar-refractivity contribution in [2.45, 2.75) is 6.54 Å². The first-order chi connectivity index (χ1) is 8.99. The van der Waals surface area contributed by atoms with E-state index in [2.05, 4.69) is 4.98 Å². The van der Waals surface area contributed by atoms with Gasteiger partial charge in [-0.15, -0.1) is 0 Å². The van der Waals surface area contributed by atoms with Gasteiger partial charge in [-0.1, -0.05) is 0 Å². The summed E-state index contributed by atoms with van der Waals surface area (Å²) in [7, 11) is 0. The van der Waals surface area contributed by atoms with Crippen LogP contribution in [0.5, 0.6) is 0 Å². The van der Waals surface area contributed by atoms with Crippen LogP contribution in [0, 0.1) is 16.4 Å². The highest BCUT2D eigenvalue weighted by Gasteiger charge is 2.10. The van der Waals surface area contributed by atoms with Crippen LogP contribution in [0.4, 0.5) is 8.78 Å². The van der Waals surface area contributed by atoms with Crippen molar-refractivity contribution >= 4 is 29.2 Å². The number of amides is 1. The Hall–Kier alpha value is -1.80. The largest absolute Gasteiger partial charge is 0.370 e. The summed E-state index contributed by atoms with van der Waals surface area (Å²) in [6.45, 7) is 0.204. The Balaban J connectivity index is 2.25. The molecule has 3 N–H and O–H groups in total. The normalized spacial score (nSPS) is 11.1. The summed E-state index contributed by atoms with van der Waals surface area (Å²) in [6.07, 6.45) is 0. The number of hydrogen-bond donors (Lipinski definition) is 2. The minimum absolute atomic E-state index is 0.140. The number of nitrogens with one attached hydrogen (secondary N) is 1. The maximum atomic E-state index is 13.5. The molecular weight excluding hydrogens is 276 g/mol. The molecular formula is C11H11F2N3O2S. The fourth-order valence-electron chi connectivity index (χ4n) is 1.73. The standard InChI is InChI=1S/C11H11F2N3O2S/c12-6-3-7(13)10-8(4-6)16(11(19)15-10)1-2-18-5-9(14)17/h3-4H,1-2,5H2,(H2,14,17)(H,15,19). The molecule has 0 bridgehead atoms. The molecule has 19 heavy (non-hydrogen) atoms. The zero-order chi connectivity index (χ0) is 14.0. The number of benzene rings is 1. The molecule has 0 radical (unpaired) electrons. The molecule has 0 saturated carbocycles. The lowest BCUT2D eigenvalue weighted by Crippen LogP contribution is -2.19. The lowest BCUT2D eigenvalue weighted by molar-refractivity contribution is -0.122. The van der Waals surface area contributed by atoms with E-state index in [0.717, 1.165) is 6.07 Å². The summed E-state index contributed by atoms with van der Waals surface area (Å²) in [6, 6.07) is 1.96. The Labute approximate surface area is 112 Å². The summed E-state index contributed by atoms with van der Waals surface area (Å²) in [5.74, 6) is -1.98. The SMILES string of the molecule is NC(=O)COCCn1c(=S)[nH]c2c(F)cc(F)cc21. The van der Waals surface area contributed by atoms with Crippen LogP contribution in [-0.2, 0) is 16.1 Å². The summed E-state index contributed by atoms with van der Waals surface area (Å²) in [4.78, 5) is 13.2. The van der Waals surface area contributed by atoms with Crippen molar-refractivity contribution in [2.75, 3.05) is 13.2 Å². The van der Waals surface area contributed by atoms with Crippen molar-refractivity contribution in [3.8, 4) is 0 Å². The Kier molecular flexibility index (Phi) is 3.91. The number of imidazole rings is 1. The number of rotatable bonds is 5. The fourth-order valence-corrected chi connectivity index (χ4v) is 2.02. The molecule has 0 saturated heterocycles. The van der Waals surface area contributed by atoms with Gasteiger partial charge in [0.1, 0.15) is 17.9 Å². The second-order valence-electron chi connectivity index (χ2n) is 3.88. The van der Waals surface area contributed by atoms with Gasteiger partial charge in [0.15, 0.2) is 10.6 Å².